The maximum Gasteiger partial charge on any atom is 0.304 e. The summed E-state index contributed by atoms with van der Waals surface area (Å²) in [7, 11) is 0. The topological polar surface area (TPSA) is 50.2 Å². The lowest BCUT2D eigenvalue weighted by atomic mass is 9.81. The summed E-state index contributed by atoms with van der Waals surface area (Å²) in [5.74, 6) is -0.773. The number of carboxylic acid groups (broad SMARTS) is 1. The molecule has 1 aromatic carbocycles. The Morgan fingerprint density at radius 2 is 2.06 bits per heavy atom. The number of hydrogen-bond donors (Lipinski definition) is 1. The fourth-order valence-corrected chi connectivity index (χ4v) is 1.98. The zero-order chi connectivity index (χ0) is 12.5. The number of hydrogen-bond acceptors (Lipinski definition) is 2. The van der Waals surface area contributed by atoms with Crippen molar-refractivity contribution >= 4 is 16.7 Å². The first-order valence-corrected chi connectivity index (χ1v) is 5.55. The Labute approximate surface area is 100 Å². The van der Waals surface area contributed by atoms with Gasteiger partial charge in [0, 0.05) is 23.2 Å². The van der Waals surface area contributed by atoms with Crippen LogP contribution in [-0.4, -0.2) is 16.1 Å². The standard InChI is InChI=1S/C14H15NO2/c1-14(2,8-13(16)17)12-4-3-11-9-15-6-5-10(11)7-12/h3-7,9H,8H2,1-2H3,(H,16,17). The summed E-state index contributed by atoms with van der Waals surface area (Å²) >= 11 is 0. The second kappa shape index (κ2) is 4.17. The Morgan fingerprint density at radius 3 is 2.76 bits per heavy atom. The van der Waals surface area contributed by atoms with Gasteiger partial charge in [-0.1, -0.05) is 32.0 Å². The van der Waals surface area contributed by atoms with Gasteiger partial charge in [0.1, 0.15) is 0 Å². The number of carbonyl (C=O) groups is 1. The SMILES string of the molecule is CC(C)(CC(=O)O)c1ccc2cnccc2c1. The lowest BCUT2D eigenvalue weighted by molar-refractivity contribution is -0.138. The number of fused-ring (bicyclic) bond motifs is 1. The largest absolute Gasteiger partial charge is 0.481 e. The molecule has 0 aliphatic heterocycles. The molecule has 2 aromatic rings. The Hall–Kier alpha value is -1.90. The van der Waals surface area contributed by atoms with Crippen LogP contribution in [-0.2, 0) is 10.2 Å². The monoisotopic (exact) mass is 229 g/mol. The molecule has 88 valence electrons. The minimum atomic E-state index is -0.773. The fourth-order valence-electron chi connectivity index (χ4n) is 1.98. The van der Waals surface area contributed by atoms with Crippen molar-refractivity contribution in [2.75, 3.05) is 0 Å². The molecule has 0 saturated heterocycles. The molecule has 17 heavy (non-hydrogen) atoms. The van der Waals surface area contributed by atoms with Crippen molar-refractivity contribution in [1.29, 1.82) is 0 Å². The van der Waals surface area contributed by atoms with E-state index in [1.54, 1.807) is 6.20 Å². The van der Waals surface area contributed by atoms with Gasteiger partial charge >= 0.3 is 5.97 Å². The first kappa shape index (κ1) is 11.6. The average molecular weight is 229 g/mol. The third-order valence-electron chi connectivity index (χ3n) is 3.02. The summed E-state index contributed by atoms with van der Waals surface area (Å²) in [6.45, 7) is 3.90. The fraction of sp³-hybridized carbons (Fsp3) is 0.286. The lowest BCUT2D eigenvalue weighted by Gasteiger charge is -2.23. The Morgan fingerprint density at radius 1 is 1.29 bits per heavy atom. The number of rotatable bonds is 3. The van der Waals surface area contributed by atoms with E-state index in [1.165, 1.54) is 0 Å². The molecule has 0 radical (unpaired) electrons. The highest BCUT2D eigenvalue weighted by atomic mass is 16.4. The molecule has 3 heteroatoms. The third kappa shape index (κ3) is 2.44. The quantitative estimate of drug-likeness (QED) is 0.880. The van der Waals surface area contributed by atoms with Crippen molar-refractivity contribution in [3.8, 4) is 0 Å². The molecule has 0 aliphatic rings. The Balaban J connectivity index is 2.45. The summed E-state index contributed by atoms with van der Waals surface area (Å²) in [5.41, 5.74) is 0.683. The van der Waals surface area contributed by atoms with Crippen molar-refractivity contribution in [3.63, 3.8) is 0 Å². The number of pyridine rings is 1. The van der Waals surface area contributed by atoms with E-state index in [0.717, 1.165) is 16.3 Å². The van der Waals surface area contributed by atoms with Gasteiger partial charge in [-0.3, -0.25) is 9.78 Å². The molecule has 1 heterocycles. The van der Waals surface area contributed by atoms with Crippen LogP contribution in [0.25, 0.3) is 10.8 Å². The van der Waals surface area contributed by atoms with E-state index in [1.807, 2.05) is 44.3 Å². The van der Waals surface area contributed by atoms with E-state index in [-0.39, 0.29) is 11.8 Å². The molecule has 1 aromatic heterocycles. The van der Waals surface area contributed by atoms with Crippen LogP contribution in [0, 0.1) is 0 Å². The van der Waals surface area contributed by atoms with Crippen molar-refractivity contribution in [1.82, 2.24) is 4.98 Å². The zero-order valence-corrected chi connectivity index (χ0v) is 9.97. The summed E-state index contributed by atoms with van der Waals surface area (Å²) in [5, 5.41) is 11.1. The van der Waals surface area contributed by atoms with Crippen LogP contribution in [0.3, 0.4) is 0 Å². The summed E-state index contributed by atoms with van der Waals surface area (Å²) in [6.07, 6.45) is 3.68. The maximum absolute atomic E-state index is 10.8. The van der Waals surface area contributed by atoms with E-state index < -0.39 is 5.97 Å². The van der Waals surface area contributed by atoms with E-state index in [9.17, 15) is 4.79 Å². The van der Waals surface area contributed by atoms with E-state index in [4.69, 9.17) is 5.11 Å². The molecular formula is C14H15NO2. The second-order valence-electron chi connectivity index (χ2n) is 4.89. The van der Waals surface area contributed by atoms with Gasteiger partial charge in [-0.15, -0.1) is 0 Å². The molecule has 0 atom stereocenters. The highest BCUT2D eigenvalue weighted by Gasteiger charge is 2.24. The molecule has 3 nitrogen and oxygen atoms in total. The summed E-state index contributed by atoms with van der Waals surface area (Å²) in [6, 6.07) is 7.95. The number of aliphatic carboxylic acids is 1. The minimum absolute atomic E-state index is 0.129. The molecule has 0 saturated carbocycles. The van der Waals surface area contributed by atoms with Crippen molar-refractivity contribution < 1.29 is 9.90 Å². The van der Waals surface area contributed by atoms with Crippen molar-refractivity contribution in [2.24, 2.45) is 0 Å². The molecule has 0 amide bonds. The van der Waals surface area contributed by atoms with Gasteiger partial charge in [-0.2, -0.15) is 0 Å². The smallest absolute Gasteiger partial charge is 0.304 e. The second-order valence-corrected chi connectivity index (χ2v) is 4.89. The van der Waals surface area contributed by atoms with Gasteiger partial charge in [-0.25, -0.2) is 0 Å². The van der Waals surface area contributed by atoms with Gasteiger partial charge in [0.05, 0.1) is 6.42 Å². The predicted molar refractivity (Wildman–Crippen MR) is 67.0 cm³/mol. The first-order valence-electron chi connectivity index (χ1n) is 5.55. The first-order chi connectivity index (χ1) is 7.99. The van der Waals surface area contributed by atoms with Gasteiger partial charge in [0.15, 0.2) is 0 Å². The molecule has 0 unspecified atom stereocenters. The number of aromatic nitrogens is 1. The molecular weight excluding hydrogens is 214 g/mol. The molecule has 0 bridgehead atoms. The highest BCUT2D eigenvalue weighted by Crippen LogP contribution is 2.29. The van der Waals surface area contributed by atoms with Crippen LogP contribution in [0.5, 0.6) is 0 Å². The van der Waals surface area contributed by atoms with Crippen LogP contribution in [0.1, 0.15) is 25.8 Å². The average Bonchev–Trinajstić information content (AvgIpc) is 2.26. The Kier molecular flexibility index (Phi) is 2.84. The summed E-state index contributed by atoms with van der Waals surface area (Å²) < 4.78 is 0. The van der Waals surface area contributed by atoms with Crippen LogP contribution in [0.15, 0.2) is 36.7 Å². The number of nitrogens with zero attached hydrogens (tertiary/aromatic N) is 1. The van der Waals surface area contributed by atoms with Crippen LogP contribution < -0.4 is 0 Å². The molecule has 0 aliphatic carbocycles. The van der Waals surface area contributed by atoms with Gasteiger partial charge in [0.2, 0.25) is 0 Å². The van der Waals surface area contributed by atoms with Gasteiger partial charge < -0.3 is 5.11 Å². The molecule has 2 rings (SSSR count). The number of benzene rings is 1. The molecule has 0 fully saturated rings. The van der Waals surface area contributed by atoms with Gasteiger partial charge in [0.25, 0.3) is 0 Å². The van der Waals surface area contributed by atoms with Crippen LogP contribution in [0.2, 0.25) is 0 Å². The lowest BCUT2D eigenvalue weighted by Crippen LogP contribution is -2.21. The van der Waals surface area contributed by atoms with Crippen molar-refractivity contribution in [3.05, 3.63) is 42.2 Å². The van der Waals surface area contributed by atoms with Crippen LogP contribution in [0.4, 0.5) is 0 Å². The van der Waals surface area contributed by atoms with E-state index >= 15 is 0 Å². The predicted octanol–water partition coefficient (Wildman–Crippen LogP) is 2.99. The zero-order valence-electron chi connectivity index (χ0n) is 9.97. The maximum atomic E-state index is 10.8. The van der Waals surface area contributed by atoms with E-state index in [0.29, 0.717) is 0 Å². The minimum Gasteiger partial charge on any atom is -0.481 e. The van der Waals surface area contributed by atoms with Gasteiger partial charge in [-0.05, 0) is 17.0 Å². The van der Waals surface area contributed by atoms with Crippen molar-refractivity contribution in [2.45, 2.75) is 25.7 Å². The molecule has 1 N–H and O–H groups in total. The third-order valence-corrected chi connectivity index (χ3v) is 3.02. The van der Waals surface area contributed by atoms with Crippen LogP contribution >= 0.6 is 0 Å². The highest BCUT2D eigenvalue weighted by molar-refractivity contribution is 5.82. The Bertz CT molecular complexity index is 561. The normalized spacial score (nSPS) is 11.6. The van der Waals surface area contributed by atoms with E-state index in [2.05, 4.69) is 4.98 Å². The molecule has 0 spiro atoms. The number of carboxylic acids is 1. The summed E-state index contributed by atoms with van der Waals surface area (Å²) in [4.78, 5) is 14.9.